The first-order chi connectivity index (χ1) is 14.0. The van der Waals surface area contributed by atoms with Crippen molar-refractivity contribution >= 4 is 17.6 Å². The van der Waals surface area contributed by atoms with Crippen LogP contribution in [-0.2, 0) is 4.74 Å². The van der Waals surface area contributed by atoms with E-state index in [9.17, 15) is 9.18 Å². The van der Waals surface area contributed by atoms with Crippen molar-refractivity contribution in [2.24, 2.45) is 4.99 Å². The van der Waals surface area contributed by atoms with E-state index in [1.165, 1.54) is 23.8 Å². The number of amides is 1. The van der Waals surface area contributed by atoms with Crippen molar-refractivity contribution in [3.05, 3.63) is 65.0 Å². The molecule has 1 saturated heterocycles. The number of nitrogens with one attached hydrogen (secondary N) is 2. The highest BCUT2D eigenvalue weighted by molar-refractivity contribution is 6.09. The van der Waals surface area contributed by atoms with E-state index in [0.717, 1.165) is 44.1 Å². The molecule has 0 bridgehead atoms. The minimum atomic E-state index is -0.453. The van der Waals surface area contributed by atoms with Gasteiger partial charge in [-0.3, -0.25) is 20.0 Å². The fraction of sp³-hybridized carbons (Fsp3) is 0.364. The highest BCUT2D eigenvalue weighted by Crippen LogP contribution is 2.14. The molecule has 1 heterocycles. The number of carbonyl (C=O) groups excluding carboxylic acids is 1. The van der Waals surface area contributed by atoms with Gasteiger partial charge in [-0.2, -0.15) is 0 Å². The molecule has 7 heteroatoms. The third kappa shape index (κ3) is 6.37. The van der Waals surface area contributed by atoms with Gasteiger partial charge in [-0.1, -0.05) is 12.1 Å². The number of hydrogen-bond donors (Lipinski definition) is 2. The number of benzene rings is 2. The molecule has 1 amide bonds. The van der Waals surface area contributed by atoms with Crippen LogP contribution in [0.4, 0.5) is 10.1 Å². The van der Waals surface area contributed by atoms with Crippen LogP contribution in [0, 0.1) is 19.7 Å². The lowest BCUT2D eigenvalue weighted by Crippen LogP contribution is -2.39. The van der Waals surface area contributed by atoms with Crippen LogP contribution in [-0.4, -0.2) is 56.2 Å². The summed E-state index contributed by atoms with van der Waals surface area (Å²) in [4.78, 5) is 19.4. The van der Waals surface area contributed by atoms with Crippen molar-refractivity contribution in [1.82, 2.24) is 10.2 Å². The standard InChI is InChI=1S/C22H27FN4O2/c1-16-6-7-20(14-17(16)2)25-22(24-8-9-27-10-12-29-13-11-27)26-21(28)18-4-3-5-19(23)15-18/h3-7,14-15H,8-13H2,1-2H3,(H2,24,25,26,28). The Balaban J connectivity index is 1.71. The summed E-state index contributed by atoms with van der Waals surface area (Å²) in [6.07, 6.45) is 0. The van der Waals surface area contributed by atoms with E-state index >= 15 is 0 Å². The van der Waals surface area contributed by atoms with Crippen LogP contribution in [0.2, 0.25) is 0 Å². The maximum absolute atomic E-state index is 13.5. The van der Waals surface area contributed by atoms with Crippen LogP contribution in [0.15, 0.2) is 47.5 Å². The molecule has 3 rings (SSSR count). The van der Waals surface area contributed by atoms with Crippen LogP contribution in [0.1, 0.15) is 21.5 Å². The Morgan fingerprint density at radius 3 is 2.66 bits per heavy atom. The Morgan fingerprint density at radius 2 is 1.93 bits per heavy atom. The summed E-state index contributed by atoms with van der Waals surface area (Å²) in [7, 11) is 0. The fourth-order valence-corrected chi connectivity index (χ4v) is 3.00. The van der Waals surface area contributed by atoms with Crippen LogP contribution in [0.3, 0.4) is 0 Å². The Morgan fingerprint density at radius 1 is 1.14 bits per heavy atom. The summed E-state index contributed by atoms with van der Waals surface area (Å²) in [6, 6.07) is 11.5. The maximum Gasteiger partial charge on any atom is 0.258 e. The van der Waals surface area contributed by atoms with Gasteiger partial charge in [0, 0.05) is 30.9 Å². The van der Waals surface area contributed by atoms with E-state index in [2.05, 4.69) is 20.5 Å². The van der Waals surface area contributed by atoms with Gasteiger partial charge in [0.1, 0.15) is 5.82 Å². The van der Waals surface area contributed by atoms with Crippen LogP contribution >= 0.6 is 0 Å². The molecule has 0 radical (unpaired) electrons. The van der Waals surface area contributed by atoms with E-state index in [1.807, 2.05) is 32.0 Å². The SMILES string of the molecule is Cc1ccc(NC(=NCCN2CCOCC2)NC(=O)c2cccc(F)c2)cc1C. The summed E-state index contributed by atoms with van der Waals surface area (Å²) < 4.78 is 18.8. The third-order valence-corrected chi connectivity index (χ3v) is 4.88. The van der Waals surface area contributed by atoms with Gasteiger partial charge in [0.25, 0.3) is 5.91 Å². The summed E-state index contributed by atoms with van der Waals surface area (Å²) in [6.45, 7) is 8.59. The molecule has 0 atom stereocenters. The Kier molecular flexibility index (Phi) is 7.32. The first kappa shape index (κ1) is 21.0. The minimum Gasteiger partial charge on any atom is -0.379 e. The van der Waals surface area contributed by atoms with Gasteiger partial charge in [0.2, 0.25) is 5.96 Å². The van der Waals surface area contributed by atoms with Crippen molar-refractivity contribution in [3.8, 4) is 0 Å². The first-order valence-electron chi connectivity index (χ1n) is 9.77. The van der Waals surface area contributed by atoms with Gasteiger partial charge in [0.15, 0.2) is 0 Å². The van der Waals surface area contributed by atoms with Gasteiger partial charge in [-0.05, 0) is 55.3 Å². The summed E-state index contributed by atoms with van der Waals surface area (Å²) in [5, 5.41) is 5.95. The molecule has 0 aliphatic carbocycles. The van der Waals surface area contributed by atoms with Crippen molar-refractivity contribution in [2.45, 2.75) is 13.8 Å². The molecule has 1 fully saturated rings. The summed E-state index contributed by atoms with van der Waals surface area (Å²) in [5.74, 6) is -0.521. The van der Waals surface area contributed by atoms with Gasteiger partial charge in [-0.25, -0.2) is 4.39 Å². The van der Waals surface area contributed by atoms with Crippen molar-refractivity contribution in [2.75, 3.05) is 44.7 Å². The molecule has 29 heavy (non-hydrogen) atoms. The molecular weight excluding hydrogens is 371 g/mol. The summed E-state index contributed by atoms with van der Waals surface area (Å²) in [5.41, 5.74) is 3.40. The highest BCUT2D eigenvalue weighted by atomic mass is 19.1. The van der Waals surface area contributed by atoms with Gasteiger partial charge >= 0.3 is 0 Å². The number of hydrogen-bond acceptors (Lipinski definition) is 4. The van der Waals surface area contributed by atoms with E-state index in [1.54, 1.807) is 6.07 Å². The van der Waals surface area contributed by atoms with E-state index in [4.69, 9.17) is 4.74 Å². The second-order valence-corrected chi connectivity index (χ2v) is 7.07. The van der Waals surface area contributed by atoms with Crippen LogP contribution in [0.25, 0.3) is 0 Å². The Labute approximate surface area is 170 Å². The lowest BCUT2D eigenvalue weighted by molar-refractivity contribution is 0.0394. The predicted molar refractivity (Wildman–Crippen MR) is 113 cm³/mol. The fourth-order valence-electron chi connectivity index (χ4n) is 3.00. The van der Waals surface area contributed by atoms with E-state index in [-0.39, 0.29) is 5.56 Å². The molecule has 0 aromatic heterocycles. The number of rotatable bonds is 5. The quantitative estimate of drug-likeness (QED) is 0.600. The number of aryl methyl sites for hydroxylation is 2. The second-order valence-electron chi connectivity index (χ2n) is 7.07. The topological polar surface area (TPSA) is 66.0 Å². The van der Waals surface area contributed by atoms with Gasteiger partial charge in [0.05, 0.1) is 19.8 Å². The molecule has 0 unspecified atom stereocenters. The number of aliphatic imine (C=N–C) groups is 1. The van der Waals surface area contributed by atoms with Gasteiger partial charge in [-0.15, -0.1) is 0 Å². The largest absolute Gasteiger partial charge is 0.379 e. The van der Waals surface area contributed by atoms with E-state index < -0.39 is 11.7 Å². The number of carbonyl (C=O) groups is 1. The van der Waals surface area contributed by atoms with Crippen molar-refractivity contribution in [3.63, 3.8) is 0 Å². The Bertz CT molecular complexity index is 879. The zero-order valence-electron chi connectivity index (χ0n) is 16.9. The van der Waals surface area contributed by atoms with Crippen LogP contribution < -0.4 is 10.6 Å². The second kappa shape index (κ2) is 10.1. The zero-order valence-corrected chi connectivity index (χ0v) is 16.9. The third-order valence-electron chi connectivity index (χ3n) is 4.88. The monoisotopic (exact) mass is 398 g/mol. The number of nitrogens with zero attached hydrogens (tertiary/aromatic N) is 2. The van der Waals surface area contributed by atoms with Gasteiger partial charge < -0.3 is 10.1 Å². The average molecular weight is 398 g/mol. The normalized spacial score (nSPS) is 15.2. The average Bonchev–Trinajstić information content (AvgIpc) is 2.71. The lowest BCUT2D eigenvalue weighted by atomic mass is 10.1. The molecule has 0 spiro atoms. The van der Waals surface area contributed by atoms with Crippen molar-refractivity contribution in [1.29, 1.82) is 0 Å². The lowest BCUT2D eigenvalue weighted by Gasteiger charge is -2.25. The highest BCUT2D eigenvalue weighted by Gasteiger charge is 2.12. The maximum atomic E-state index is 13.5. The van der Waals surface area contributed by atoms with E-state index in [0.29, 0.717) is 12.5 Å². The molecule has 1 aliphatic rings. The number of halogens is 1. The molecular formula is C22H27FN4O2. The molecule has 6 nitrogen and oxygen atoms in total. The predicted octanol–water partition coefficient (Wildman–Crippen LogP) is 2.97. The summed E-state index contributed by atoms with van der Waals surface area (Å²) >= 11 is 0. The number of morpholine rings is 1. The van der Waals surface area contributed by atoms with Crippen molar-refractivity contribution < 1.29 is 13.9 Å². The molecule has 1 aliphatic heterocycles. The molecule has 2 aromatic carbocycles. The molecule has 2 aromatic rings. The number of anilines is 1. The minimum absolute atomic E-state index is 0.243. The smallest absolute Gasteiger partial charge is 0.258 e. The molecule has 0 saturated carbocycles. The molecule has 154 valence electrons. The molecule has 2 N–H and O–H groups in total. The Hall–Kier alpha value is -2.77. The van der Waals surface area contributed by atoms with Crippen LogP contribution in [0.5, 0.6) is 0 Å². The number of guanidine groups is 1. The first-order valence-corrected chi connectivity index (χ1v) is 9.77. The number of ether oxygens (including phenoxy) is 1. The zero-order chi connectivity index (χ0) is 20.6.